The van der Waals surface area contributed by atoms with Crippen molar-refractivity contribution in [3.05, 3.63) is 29.8 Å². The first-order chi connectivity index (χ1) is 7.88. The van der Waals surface area contributed by atoms with Gasteiger partial charge in [0.25, 0.3) is 0 Å². The predicted molar refractivity (Wildman–Crippen MR) is 70.1 cm³/mol. The van der Waals surface area contributed by atoms with Crippen LogP contribution in [0.5, 0.6) is 0 Å². The fourth-order valence-electron chi connectivity index (χ4n) is 2.13. The van der Waals surface area contributed by atoms with E-state index in [1.54, 1.807) is 4.90 Å². The number of carbonyl (C=O) groups excluding carboxylic acids is 1. The van der Waals surface area contributed by atoms with E-state index in [9.17, 15) is 4.79 Å². The first-order valence-corrected chi connectivity index (χ1v) is 6.04. The Labute approximate surface area is 103 Å². The Hall–Kier alpha value is -1.35. The zero-order valence-corrected chi connectivity index (χ0v) is 10.7. The normalized spacial score (nSPS) is 21.1. The summed E-state index contributed by atoms with van der Waals surface area (Å²) in [7, 11) is 0. The Morgan fingerprint density at radius 1 is 1.35 bits per heavy atom. The van der Waals surface area contributed by atoms with Gasteiger partial charge in [-0.25, -0.2) is 0 Å². The lowest BCUT2D eigenvalue weighted by Crippen LogP contribution is -2.28. The van der Waals surface area contributed by atoms with Gasteiger partial charge in [0.15, 0.2) is 0 Å². The number of rotatable bonds is 1. The molecule has 0 bridgehead atoms. The number of nitrogens with zero attached hydrogens (tertiary/aromatic N) is 1. The van der Waals surface area contributed by atoms with E-state index in [-0.39, 0.29) is 17.4 Å². The third-order valence-corrected chi connectivity index (χ3v) is 3.18. The van der Waals surface area contributed by atoms with Gasteiger partial charge in [-0.05, 0) is 23.1 Å². The molecule has 1 heterocycles. The summed E-state index contributed by atoms with van der Waals surface area (Å²) in [6, 6.07) is 8.15. The Kier molecular flexibility index (Phi) is 2.96. The van der Waals surface area contributed by atoms with Crippen LogP contribution >= 0.6 is 0 Å². The number of amides is 1. The second kappa shape index (κ2) is 4.15. The Bertz CT molecular complexity index is 434. The van der Waals surface area contributed by atoms with E-state index >= 15 is 0 Å². The number of nitrogens with two attached hydrogens (primary N) is 1. The molecule has 1 aliphatic heterocycles. The van der Waals surface area contributed by atoms with Gasteiger partial charge in [-0.2, -0.15) is 0 Å². The molecule has 1 aromatic carbocycles. The highest BCUT2D eigenvalue weighted by Crippen LogP contribution is 2.28. The number of anilines is 1. The Balaban J connectivity index is 2.31. The molecule has 2 N–H and O–H groups in total. The summed E-state index contributed by atoms with van der Waals surface area (Å²) in [6.45, 7) is 7.14. The van der Waals surface area contributed by atoms with Crippen molar-refractivity contribution < 1.29 is 4.79 Å². The molecule has 3 heteroatoms. The van der Waals surface area contributed by atoms with Gasteiger partial charge in [-0.1, -0.05) is 32.9 Å². The van der Waals surface area contributed by atoms with Crippen molar-refractivity contribution in [1.82, 2.24) is 0 Å². The maximum Gasteiger partial charge on any atom is 0.228 e. The molecule has 1 aliphatic rings. The molecule has 1 aromatic rings. The second-order valence-corrected chi connectivity index (χ2v) is 5.77. The maximum absolute atomic E-state index is 11.8. The first-order valence-electron chi connectivity index (χ1n) is 6.04. The van der Waals surface area contributed by atoms with Crippen molar-refractivity contribution in [3.63, 3.8) is 0 Å². The molecule has 3 nitrogen and oxygen atoms in total. The van der Waals surface area contributed by atoms with Crippen molar-refractivity contribution in [2.45, 2.75) is 38.6 Å². The molecule has 1 amide bonds. The lowest BCUT2D eigenvalue weighted by molar-refractivity contribution is -0.117. The standard InChI is InChI=1S/C14H20N2O/c1-14(2,3)10-5-4-6-12(7-10)16-9-11(15)8-13(16)17/h4-7,11H,8-9,15H2,1-3H3. The minimum Gasteiger partial charge on any atom is -0.326 e. The molecule has 0 saturated carbocycles. The maximum atomic E-state index is 11.8. The lowest BCUT2D eigenvalue weighted by Gasteiger charge is -2.22. The molecule has 0 spiro atoms. The Morgan fingerprint density at radius 3 is 2.59 bits per heavy atom. The molecule has 0 aromatic heterocycles. The minimum atomic E-state index is -0.0270. The van der Waals surface area contributed by atoms with Crippen molar-refractivity contribution in [2.75, 3.05) is 11.4 Å². The highest BCUT2D eigenvalue weighted by Gasteiger charge is 2.28. The van der Waals surface area contributed by atoms with Crippen molar-refractivity contribution >= 4 is 11.6 Å². The van der Waals surface area contributed by atoms with Crippen LogP contribution in [0.2, 0.25) is 0 Å². The van der Waals surface area contributed by atoms with Gasteiger partial charge in [0.05, 0.1) is 0 Å². The average Bonchev–Trinajstić information content (AvgIpc) is 2.57. The van der Waals surface area contributed by atoms with Crippen LogP contribution < -0.4 is 10.6 Å². The van der Waals surface area contributed by atoms with Crippen molar-refractivity contribution in [3.8, 4) is 0 Å². The lowest BCUT2D eigenvalue weighted by atomic mass is 9.87. The fraction of sp³-hybridized carbons (Fsp3) is 0.500. The van der Waals surface area contributed by atoms with Gasteiger partial charge in [-0.3, -0.25) is 4.79 Å². The second-order valence-electron chi connectivity index (χ2n) is 5.77. The zero-order valence-electron chi connectivity index (χ0n) is 10.7. The molecule has 0 radical (unpaired) electrons. The topological polar surface area (TPSA) is 46.3 Å². The molecule has 1 fully saturated rings. The molecule has 1 unspecified atom stereocenters. The quantitative estimate of drug-likeness (QED) is 0.805. The summed E-state index contributed by atoms with van der Waals surface area (Å²) in [4.78, 5) is 13.6. The number of hydrogen-bond acceptors (Lipinski definition) is 2. The van der Waals surface area contributed by atoms with Crippen molar-refractivity contribution in [2.24, 2.45) is 5.73 Å². The largest absolute Gasteiger partial charge is 0.326 e. The van der Waals surface area contributed by atoms with Gasteiger partial charge in [-0.15, -0.1) is 0 Å². The molecule has 2 rings (SSSR count). The minimum absolute atomic E-state index is 0.0270. The van der Waals surface area contributed by atoms with E-state index in [1.807, 2.05) is 12.1 Å². The van der Waals surface area contributed by atoms with E-state index in [0.717, 1.165) is 5.69 Å². The van der Waals surface area contributed by atoms with E-state index in [1.165, 1.54) is 5.56 Å². The summed E-state index contributed by atoms with van der Waals surface area (Å²) in [5, 5.41) is 0. The molecule has 1 saturated heterocycles. The van der Waals surface area contributed by atoms with Crippen LogP contribution in [-0.4, -0.2) is 18.5 Å². The van der Waals surface area contributed by atoms with Gasteiger partial charge >= 0.3 is 0 Å². The van der Waals surface area contributed by atoms with Crippen LogP contribution in [0.4, 0.5) is 5.69 Å². The smallest absolute Gasteiger partial charge is 0.228 e. The summed E-state index contributed by atoms with van der Waals surface area (Å²) >= 11 is 0. The number of benzene rings is 1. The molecule has 0 aliphatic carbocycles. The number of hydrogen-bond donors (Lipinski definition) is 1. The van der Waals surface area contributed by atoms with Crippen LogP contribution in [-0.2, 0) is 10.2 Å². The summed E-state index contributed by atoms with van der Waals surface area (Å²) < 4.78 is 0. The zero-order chi connectivity index (χ0) is 12.6. The van der Waals surface area contributed by atoms with Crippen LogP contribution in [0.3, 0.4) is 0 Å². The van der Waals surface area contributed by atoms with E-state index in [0.29, 0.717) is 13.0 Å². The fourth-order valence-corrected chi connectivity index (χ4v) is 2.13. The molecule has 17 heavy (non-hydrogen) atoms. The first kappa shape index (κ1) is 12.1. The van der Waals surface area contributed by atoms with Gasteiger partial charge in [0.1, 0.15) is 0 Å². The molecular weight excluding hydrogens is 212 g/mol. The average molecular weight is 232 g/mol. The van der Waals surface area contributed by atoms with Gasteiger partial charge in [0, 0.05) is 24.7 Å². The summed E-state index contributed by atoms with van der Waals surface area (Å²) in [6.07, 6.45) is 0.458. The summed E-state index contributed by atoms with van der Waals surface area (Å²) in [5.74, 6) is 0.128. The monoisotopic (exact) mass is 232 g/mol. The van der Waals surface area contributed by atoms with E-state index in [4.69, 9.17) is 5.73 Å². The Morgan fingerprint density at radius 2 is 2.06 bits per heavy atom. The highest BCUT2D eigenvalue weighted by molar-refractivity contribution is 5.96. The van der Waals surface area contributed by atoms with Crippen LogP contribution in [0.1, 0.15) is 32.8 Å². The number of carbonyl (C=O) groups is 1. The van der Waals surface area contributed by atoms with E-state index in [2.05, 4.69) is 32.9 Å². The third kappa shape index (κ3) is 2.50. The van der Waals surface area contributed by atoms with Gasteiger partial charge in [0.2, 0.25) is 5.91 Å². The highest BCUT2D eigenvalue weighted by atomic mass is 16.2. The van der Waals surface area contributed by atoms with Crippen LogP contribution in [0.15, 0.2) is 24.3 Å². The third-order valence-electron chi connectivity index (χ3n) is 3.18. The molecule has 1 atom stereocenters. The van der Waals surface area contributed by atoms with Crippen LogP contribution in [0, 0.1) is 0 Å². The van der Waals surface area contributed by atoms with Crippen LogP contribution in [0.25, 0.3) is 0 Å². The van der Waals surface area contributed by atoms with Crippen molar-refractivity contribution in [1.29, 1.82) is 0 Å². The molecule has 92 valence electrons. The van der Waals surface area contributed by atoms with Gasteiger partial charge < -0.3 is 10.6 Å². The molecular formula is C14H20N2O. The SMILES string of the molecule is CC(C)(C)c1cccc(N2CC(N)CC2=O)c1. The predicted octanol–water partition coefficient (Wildman–Crippen LogP) is 2.05. The summed E-state index contributed by atoms with van der Waals surface area (Å²) in [5.41, 5.74) is 8.12. The van der Waals surface area contributed by atoms with E-state index < -0.39 is 0 Å².